The standard InChI is InChI=1S/C19H38/c1-7-11-17(6)15-19(14-10-13-16(4)5)18(9-3)12-8-2/h13,17-19H,7-12,14-15H2,1-6H3. The van der Waals surface area contributed by atoms with Gasteiger partial charge in [-0.15, -0.1) is 0 Å². The van der Waals surface area contributed by atoms with Crippen LogP contribution in [0.3, 0.4) is 0 Å². The van der Waals surface area contributed by atoms with Crippen molar-refractivity contribution in [3.05, 3.63) is 11.6 Å². The maximum atomic E-state index is 2.45. The third-order valence-corrected chi connectivity index (χ3v) is 4.43. The van der Waals surface area contributed by atoms with E-state index < -0.39 is 0 Å². The summed E-state index contributed by atoms with van der Waals surface area (Å²) in [5.41, 5.74) is 1.48. The summed E-state index contributed by atoms with van der Waals surface area (Å²) in [7, 11) is 0. The van der Waals surface area contributed by atoms with Crippen molar-refractivity contribution < 1.29 is 0 Å². The molecule has 0 bridgehead atoms. The van der Waals surface area contributed by atoms with E-state index >= 15 is 0 Å². The Hall–Kier alpha value is -0.260. The van der Waals surface area contributed by atoms with Gasteiger partial charge in [0.05, 0.1) is 0 Å². The van der Waals surface area contributed by atoms with E-state index in [1.54, 1.807) is 0 Å². The molecule has 0 amide bonds. The minimum absolute atomic E-state index is 0.910. The highest BCUT2D eigenvalue weighted by Gasteiger charge is 2.20. The number of rotatable bonds is 11. The summed E-state index contributed by atoms with van der Waals surface area (Å²) < 4.78 is 0. The Morgan fingerprint density at radius 3 is 2.00 bits per heavy atom. The van der Waals surface area contributed by atoms with Gasteiger partial charge in [-0.3, -0.25) is 0 Å². The third kappa shape index (κ3) is 9.30. The average molecular weight is 267 g/mol. The van der Waals surface area contributed by atoms with E-state index in [2.05, 4.69) is 47.6 Å². The van der Waals surface area contributed by atoms with Crippen LogP contribution < -0.4 is 0 Å². The van der Waals surface area contributed by atoms with Crippen LogP contribution in [0, 0.1) is 17.8 Å². The highest BCUT2D eigenvalue weighted by atomic mass is 14.3. The second kappa shape index (κ2) is 11.6. The minimum Gasteiger partial charge on any atom is -0.0859 e. The quantitative estimate of drug-likeness (QED) is 0.353. The molecule has 0 heterocycles. The summed E-state index contributed by atoms with van der Waals surface area (Å²) in [5.74, 6) is 2.81. The second-order valence-electron chi connectivity index (χ2n) is 6.71. The fourth-order valence-electron chi connectivity index (χ4n) is 3.40. The van der Waals surface area contributed by atoms with Gasteiger partial charge in [0.15, 0.2) is 0 Å². The largest absolute Gasteiger partial charge is 0.0859 e. The summed E-state index contributed by atoms with van der Waals surface area (Å²) in [6.45, 7) is 13.9. The molecule has 0 heteroatoms. The van der Waals surface area contributed by atoms with E-state index in [0.29, 0.717) is 0 Å². The van der Waals surface area contributed by atoms with E-state index in [1.165, 1.54) is 56.9 Å². The molecule has 114 valence electrons. The van der Waals surface area contributed by atoms with Crippen molar-refractivity contribution in [1.82, 2.24) is 0 Å². The molecule has 3 atom stereocenters. The van der Waals surface area contributed by atoms with E-state index in [0.717, 1.165) is 17.8 Å². The Bertz CT molecular complexity index is 222. The van der Waals surface area contributed by atoms with E-state index in [9.17, 15) is 0 Å². The Morgan fingerprint density at radius 2 is 1.53 bits per heavy atom. The Kier molecular flexibility index (Phi) is 11.4. The first-order chi connectivity index (χ1) is 9.04. The van der Waals surface area contributed by atoms with Crippen LogP contribution in [0.1, 0.15) is 92.9 Å². The van der Waals surface area contributed by atoms with Gasteiger partial charge in [0.2, 0.25) is 0 Å². The predicted molar refractivity (Wildman–Crippen MR) is 89.5 cm³/mol. The van der Waals surface area contributed by atoms with Crippen molar-refractivity contribution in [2.75, 3.05) is 0 Å². The molecule has 0 fully saturated rings. The summed E-state index contributed by atoms with van der Waals surface area (Å²) in [5, 5.41) is 0. The lowest BCUT2D eigenvalue weighted by Crippen LogP contribution is -2.17. The van der Waals surface area contributed by atoms with Crippen molar-refractivity contribution in [2.45, 2.75) is 92.9 Å². The van der Waals surface area contributed by atoms with Gasteiger partial charge in [-0.1, -0.05) is 71.4 Å². The molecule has 0 radical (unpaired) electrons. The first kappa shape index (κ1) is 18.7. The van der Waals surface area contributed by atoms with Crippen LogP contribution in [0.4, 0.5) is 0 Å². The van der Waals surface area contributed by atoms with Gasteiger partial charge in [-0.2, -0.15) is 0 Å². The molecular formula is C19H38. The number of hydrogen-bond donors (Lipinski definition) is 0. The average Bonchev–Trinajstić information content (AvgIpc) is 2.34. The van der Waals surface area contributed by atoms with Gasteiger partial charge in [0.25, 0.3) is 0 Å². The lowest BCUT2D eigenvalue weighted by Gasteiger charge is -2.28. The molecule has 0 N–H and O–H groups in total. The molecule has 0 saturated carbocycles. The van der Waals surface area contributed by atoms with Gasteiger partial charge < -0.3 is 0 Å². The normalized spacial score (nSPS) is 15.9. The Morgan fingerprint density at radius 1 is 0.895 bits per heavy atom. The Labute approximate surface area is 123 Å². The van der Waals surface area contributed by atoms with Crippen molar-refractivity contribution in [1.29, 1.82) is 0 Å². The lowest BCUT2D eigenvalue weighted by molar-refractivity contribution is 0.233. The third-order valence-electron chi connectivity index (χ3n) is 4.43. The fourth-order valence-corrected chi connectivity index (χ4v) is 3.40. The molecule has 0 nitrogen and oxygen atoms in total. The SMILES string of the molecule is CCCC(C)CC(CCC=C(C)C)C(CC)CCC. The van der Waals surface area contributed by atoms with Crippen molar-refractivity contribution >= 4 is 0 Å². The summed E-state index contributed by atoms with van der Waals surface area (Å²) in [4.78, 5) is 0. The topological polar surface area (TPSA) is 0 Å². The maximum absolute atomic E-state index is 2.45. The van der Waals surface area contributed by atoms with Gasteiger partial charge >= 0.3 is 0 Å². The van der Waals surface area contributed by atoms with E-state index in [-0.39, 0.29) is 0 Å². The summed E-state index contributed by atoms with van der Waals surface area (Å²) in [6.07, 6.45) is 13.4. The smallest absolute Gasteiger partial charge is 0.0346 e. The van der Waals surface area contributed by atoms with Gasteiger partial charge in [-0.05, 0) is 50.9 Å². The molecule has 0 aliphatic rings. The van der Waals surface area contributed by atoms with Crippen molar-refractivity contribution in [3.8, 4) is 0 Å². The molecule has 0 saturated heterocycles. The molecule has 0 aromatic rings. The van der Waals surface area contributed by atoms with Gasteiger partial charge in [0.1, 0.15) is 0 Å². The Balaban J connectivity index is 4.47. The number of hydrogen-bond acceptors (Lipinski definition) is 0. The van der Waals surface area contributed by atoms with Crippen molar-refractivity contribution in [3.63, 3.8) is 0 Å². The fraction of sp³-hybridized carbons (Fsp3) is 0.895. The van der Waals surface area contributed by atoms with Gasteiger partial charge in [0, 0.05) is 0 Å². The van der Waals surface area contributed by atoms with Crippen LogP contribution in [0.5, 0.6) is 0 Å². The van der Waals surface area contributed by atoms with Crippen LogP contribution >= 0.6 is 0 Å². The molecule has 19 heavy (non-hydrogen) atoms. The molecule has 0 aromatic carbocycles. The van der Waals surface area contributed by atoms with E-state index in [1.807, 2.05) is 0 Å². The van der Waals surface area contributed by atoms with Crippen LogP contribution in [0.15, 0.2) is 11.6 Å². The highest BCUT2D eigenvalue weighted by molar-refractivity contribution is 4.93. The van der Waals surface area contributed by atoms with Gasteiger partial charge in [-0.25, -0.2) is 0 Å². The zero-order chi connectivity index (χ0) is 14.7. The highest BCUT2D eigenvalue weighted by Crippen LogP contribution is 2.32. The molecular weight excluding hydrogens is 228 g/mol. The first-order valence-corrected chi connectivity index (χ1v) is 8.68. The van der Waals surface area contributed by atoms with Crippen LogP contribution in [0.2, 0.25) is 0 Å². The molecule has 0 aliphatic heterocycles. The zero-order valence-corrected chi connectivity index (χ0v) is 14.5. The monoisotopic (exact) mass is 266 g/mol. The summed E-state index contributed by atoms with van der Waals surface area (Å²) in [6, 6.07) is 0. The molecule has 0 aliphatic carbocycles. The first-order valence-electron chi connectivity index (χ1n) is 8.68. The van der Waals surface area contributed by atoms with Crippen LogP contribution in [0.25, 0.3) is 0 Å². The van der Waals surface area contributed by atoms with Crippen LogP contribution in [-0.2, 0) is 0 Å². The maximum Gasteiger partial charge on any atom is -0.0346 e. The molecule has 0 rings (SSSR count). The van der Waals surface area contributed by atoms with E-state index in [4.69, 9.17) is 0 Å². The summed E-state index contributed by atoms with van der Waals surface area (Å²) >= 11 is 0. The molecule has 0 spiro atoms. The van der Waals surface area contributed by atoms with Crippen molar-refractivity contribution in [2.24, 2.45) is 17.8 Å². The zero-order valence-electron chi connectivity index (χ0n) is 14.5. The molecule has 0 aromatic heterocycles. The second-order valence-corrected chi connectivity index (χ2v) is 6.71. The predicted octanol–water partition coefficient (Wildman–Crippen LogP) is 7.00. The lowest BCUT2D eigenvalue weighted by atomic mass is 9.77. The minimum atomic E-state index is 0.910. The van der Waals surface area contributed by atoms with Crippen LogP contribution in [-0.4, -0.2) is 0 Å². The molecule has 3 unspecified atom stereocenters. The number of allylic oxidation sites excluding steroid dienone is 2.